The number of halogens is 1. The number of anilines is 2. The molecule has 0 aliphatic carbocycles. The highest BCUT2D eigenvalue weighted by molar-refractivity contribution is 5.62. The molecule has 0 saturated heterocycles. The number of aromatic nitrogens is 4. The molecule has 0 aliphatic heterocycles. The van der Waals surface area contributed by atoms with E-state index >= 15 is 0 Å². The first-order chi connectivity index (χ1) is 12.1. The quantitative estimate of drug-likeness (QED) is 0.608. The maximum atomic E-state index is 13.1. The molecule has 0 aliphatic rings. The summed E-state index contributed by atoms with van der Waals surface area (Å²) in [4.78, 5) is 8.98. The van der Waals surface area contributed by atoms with Crippen LogP contribution in [0.5, 0.6) is 0 Å². The van der Waals surface area contributed by atoms with Gasteiger partial charge in [-0.2, -0.15) is 9.50 Å². The number of nitrogens with one attached hydrogen (secondary N) is 1. The van der Waals surface area contributed by atoms with E-state index in [-0.39, 0.29) is 5.82 Å². The fraction of sp³-hybridized carbons (Fsp3) is 0.105. The molecule has 2 aromatic heterocycles. The van der Waals surface area contributed by atoms with Crippen molar-refractivity contribution in [1.29, 1.82) is 0 Å². The van der Waals surface area contributed by atoms with E-state index < -0.39 is 0 Å². The number of hydrogen-bond donors (Lipinski definition) is 1. The number of rotatable bonds is 3. The van der Waals surface area contributed by atoms with Crippen molar-refractivity contribution < 1.29 is 4.39 Å². The average molecular weight is 333 g/mol. The Balaban J connectivity index is 1.78. The summed E-state index contributed by atoms with van der Waals surface area (Å²) in [6.07, 6.45) is 0. The van der Waals surface area contributed by atoms with Gasteiger partial charge < -0.3 is 5.32 Å². The fourth-order valence-electron chi connectivity index (χ4n) is 2.58. The lowest BCUT2D eigenvalue weighted by atomic mass is 10.1. The van der Waals surface area contributed by atoms with Crippen molar-refractivity contribution in [2.75, 3.05) is 5.32 Å². The van der Waals surface area contributed by atoms with E-state index in [9.17, 15) is 4.39 Å². The van der Waals surface area contributed by atoms with Gasteiger partial charge in [-0.25, -0.2) is 9.37 Å². The Kier molecular flexibility index (Phi) is 3.65. The molecule has 0 amide bonds. The Morgan fingerprint density at radius 3 is 2.36 bits per heavy atom. The van der Waals surface area contributed by atoms with Gasteiger partial charge >= 0.3 is 0 Å². The van der Waals surface area contributed by atoms with Crippen molar-refractivity contribution in [3.63, 3.8) is 0 Å². The molecule has 0 radical (unpaired) electrons. The van der Waals surface area contributed by atoms with Crippen LogP contribution in [0.25, 0.3) is 17.2 Å². The Labute approximate surface area is 144 Å². The Morgan fingerprint density at radius 1 is 0.920 bits per heavy atom. The summed E-state index contributed by atoms with van der Waals surface area (Å²) >= 11 is 0. The van der Waals surface area contributed by atoms with Gasteiger partial charge in [0.15, 0.2) is 5.82 Å². The average Bonchev–Trinajstić information content (AvgIpc) is 3.01. The van der Waals surface area contributed by atoms with Crippen molar-refractivity contribution in [2.24, 2.45) is 0 Å². The highest BCUT2D eigenvalue weighted by Gasteiger charge is 2.11. The van der Waals surface area contributed by atoms with E-state index in [0.717, 1.165) is 22.8 Å². The van der Waals surface area contributed by atoms with Crippen molar-refractivity contribution in [3.05, 3.63) is 71.7 Å². The van der Waals surface area contributed by atoms with Crippen LogP contribution in [-0.2, 0) is 0 Å². The Bertz CT molecular complexity index is 1040. The molecule has 4 aromatic rings. The minimum Gasteiger partial charge on any atom is -0.340 e. The van der Waals surface area contributed by atoms with Crippen LogP contribution in [0, 0.1) is 19.7 Å². The maximum Gasteiger partial charge on any atom is 0.254 e. The van der Waals surface area contributed by atoms with E-state index in [1.165, 1.54) is 17.7 Å². The smallest absolute Gasteiger partial charge is 0.254 e. The Hall–Kier alpha value is -3.28. The normalized spacial score (nSPS) is 11.0. The lowest BCUT2D eigenvalue weighted by molar-refractivity contribution is 0.628. The molecule has 0 fully saturated rings. The van der Waals surface area contributed by atoms with Gasteiger partial charge in [0.05, 0.1) is 0 Å². The topological polar surface area (TPSA) is 55.1 Å². The lowest BCUT2D eigenvalue weighted by Crippen LogP contribution is -2.02. The second kappa shape index (κ2) is 5.98. The van der Waals surface area contributed by atoms with Gasteiger partial charge in [-0.1, -0.05) is 29.8 Å². The van der Waals surface area contributed by atoms with Crippen LogP contribution in [0.4, 0.5) is 15.9 Å². The molecule has 4 rings (SSSR count). The van der Waals surface area contributed by atoms with Gasteiger partial charge in [0.25, 0.3) is 5.78 Å². The van der Waals surface area contributed by atoms with Gasteiger partial charge in [0.1, 0.15) is 11.6 Å². The summed E-state index contributed by atoms with van der Waals surface area (Å²) in [6.45, 7) is 3.94. The molecule has 25 heavy (non-hydrogen) atoms. The van der Waals surface area contributed by atoms with Crippen molar-refractivity contribution in [2.45, 2.75) is 13.8 Å². The first kappa shape index (κ1) is 15.3. The molecule has 5 nitrogen and oxygen atoms in total. The molecule has 1 N–H and O–H groups in total. The summed E-state index contributed by atoms with van der Waals surface area (Å²) in [5, 5.41) is 7.82. The zero-order valence-corrected chi connectivity index (χ0v) is 13.9. The van der Waals surface area contributed by atoms with Crippen LogP contribution >= 0.6 is 0 Å². The van der Waals surface area contributed by atoms with Gasteiger partial charge in [-0.3, -0.25) is 0 Å². The summed E-state index contributed by atoms with van der Waals surface area (Å²) in [5.41, 5.74) is 3.70. The van der Waals surface area contributed by atoms with Crippen molar-refractivity contribution in [1.82, 2.24) is 19.6 Å². The summed E-state index contributed by atoms with van der Waals surface area (Å²) in [5.74, 6) is 1.57. The molecule has 0 unspecified atom stereocenters. The van der Waals surface area contributed by atoms with Crippen LogP contribution in [-0.4, -0.2) is 19.6 Å². The Morgan fingerprint density at radius 2 is 1.64 bits per heavy atom. The molecule has 2 aromatic carbocycles. The summed E-state index contributed by atoms with van der Waals surface area (Å²) in [6, 6.07) is 16.1. The number of aryl methyl sites for hydroxylation is 2. The van der Waals surface area contributed by atoms with Crippen molar-refractivity contribution >= 4 is 17.3 Å². The van der Waals surface area contributed by atoms with Crippen LogP contribution < -0.4 is 5.32 Å². The molecule has 0 saturated carbocycles. The van der Waals surface area contributed by atoms with Gasteiger partial charge in [-0.05, 0) is 38.1 Å². The summed E-state index contributed by atoms with van der Waals surface area (Å²) in [7, 11) is 0. The number of hydrogen-bond acceptors (Lipinski definition) is 4. The van der Waals surface area contributed by atoms with Crippen LogP contribution in [0.15, 0.2) is 54.6 Å². The second-order valence-corrected chi connectivity index (χ2v) is 5.93. The largest absolute Gasteiger partial charge is 0.340 e. The third kappa shape index (κ3) is 3.06. The molecule has 0 bridgehead atoms. The highest BCUT2D eigenvalue weighted by atomic mass is 19.1. The monoisotopic (exact) mass is 333 g/mol. The van der Waals surface area contributed by atoms with E-state index in [2.05, 4.69) is 20.4 Å². The third-order valence-electron chi connectivity index (χ3n) is 3.87. The van der Waals surface area contributed by atoms with E-state index in [4.69, 9.17) is 0 Å². The van der Waals surface area contributed by atoms with Gasteiger partial charge in [-0.15, -0.1) is 5.10 Å². The minimum atomic E-state index is -0.274. The molecular weight excluding hydrogens is 317 g/mol. The summed E-state index contributed by atoms with van der Waals surface area (Å²) < 4.78 is 14.8. The molecule has 0 spiro atoms. The zero-order valence-electron chi connectivity index (χ0n) is 13.9. The van der Waals surface area contributed by atoms with Crippen LogP contribution in [0.1, 0.15) is 11.3 Å². The lowest BCUT2D eigenvalue weighted by Gasteiger charge is -2.08. The third-order valence-corrected chi connectivity index (χ3v) is 3.87. The number of nitrogens with zero attached hydrogens (tertiary/aromatic N) is 4. The first-order valence-corrected chi connectivity index (χ1v) is 7.92. The predicted octanol–water partition coefficient (Wildman–Crippen LogP) is 4.29. The number of benzene rings is 2. The van der Waals surface area contributed by atoms with Gasteiger partial charge in [0, 0.05) is 23.0 Å². The van der Waals surface area contributed by atoms with Crippen LogP contribution in [0.3, 0.4) is 0 Å². The maximum absolute atomic E-state index is 13.1. The first-order valence-electron chi connectivity index (χ1n) is 7.92. The van der Waals surface area contributed by atoms with Crippen LogP contribution in [0.2, 0.25) is 0 Å². The van der Waals surface area contributed by atoms with Crippen molar-refractivity contribution in [3.8, 4) is 11.4 Å². The number of fused-ring (bicyclic) bond motifs is 1. The minimum absolute atomic E-state index is 0.274. The standard InChI is InChI=1S/C19H16FN5/c1-12-3-5-14(6-4-12)18-23-19-21-13(2)11-17(25(19)24-18)22-16-9-7-15(20)8-10-16/h3-11,22H,1-2H3. The SMILES string of the molecule is Cc1ccc(-c2nc3nc(C)cc(Nc4ccc(F)cc4)n3n2)cc1. The molecular formula is C19H16FN5. The van der Waals surface area contributed by atoms with E-state index in [1.54, 1.807) is 16.6 Å². The van der Waals surface area contributed by atoms with E-state index in [1.807, 2.05) is 44.2 Å². The molecule has 2 heterocycles. The highest BCUT2D eigenvalue weighted by Crippen LogP contribution is 2.21. The zero-order chi connectivity index (χ0) is 17.4. The van der Waals surface area contributed by atoms with Gasteiger partial charge in [0.2, 0.25) is 0 Å². The van der Waals surface area contributed by atoms with E-state index in [0.29, 0.717) is 11.6 Å². The fourth-order valence-corrected chi connectivity index (χ4v) is 2.58. The predicted molar refractivity (Wildman–Crippen MR) is 95.4 cm³/mol. The molecule has 124 valence electrons. The molecule has 6 heteroatoms. The molecule has 0 atom stereocenters. The second-order valence-electron chi connectivity index (χ2n) is 5.93.